The molecule has 3 N–H and O–H groups in total. The first-order chi connectivity index (χ1) is 14.0. The predicted molar refractivity (Wildman–Crippen MR) is 117 cm³/mol. The highest BCUT2D eigenvalue weighted by Crippen LogP contribution is 2.18. The third-order valence-corrected chi connectivity index (χ3v) is 4.00. The van der Waals surface area contributed by atoms with Gasteiger partial charge in [0.15, 0.2) is 5.11 Å². The van der Waals surface area contributed by atoms with Crippen molar-refractivity contribution in [3.05, 3.63) is 54.1 Å². The Balaban J connectivity index is 1.92. The van der Waals surface area contributed by atoms with Gasteiger partial charge in [-0.05, 0) is 55.5 Å². The van der Waals surface area contributed by atoms with Gasteiger partial charge in [-0.15, -0.1) is 0 Å². The average molecular weight is 416 g/mol. The summed E-state index contributed by atoms with van der Waals surface area (Å²) in [6.07, 6.45) is 0.410. The Hall–Kier alpha value is -2.97. The fourth-order valence-electron chi connectivity index (χ4n) is 2.35. The van der Waals surface area contributed by atoms with E-state index in [2.05, 4.69) is 16.0 Å². The van der Waals surface area contributed by atoms with Crippen molar-refractivity contribution < 1.29 is 19.1 Å². The molecule has 0 atom stereocenters. The summed E-state index contributed by atoms with van der Waals surface area (Å²) in [5.41, 5.74) is 1.76. The van der Waals surface area contributed by atoms with Crippen LogP contribution in [0.1, 0.15) is 30.6 Å². The van der Waals surface area contributed by atoms with E-state index in [9.17, 15) is 9.59 Å². The Labute approximate surface area is 175 Å². The molecule has 2 aromatic rings. The van der Waals surface area contributed by atoms with Crippen molar-refractivity contribution in [2.24, 2.45) is 0 Å². The van der Waals surface area contributed by atoms with Crippen molar-refractivity contribution in [3.63, 3.8) is 0 Å². The quantitative estimate of drug-likeness (QED) is 0.429. The molecule has 0 radical (unpaired) electrons. The van der Waals surface area contributed by atoms with E-state index in [1.165, 1.54) is 0 Å². The maximum atomic E-state index is 12.6. The Morgan fingerprint density at radius 1 is 0.931 bits per heavy atom. The van der Waals surface area contributed by atoms with Gasteiger partial charge < -0.3 is 20.1 Å². The molecule has 8 heteroatoms. The third-order valence-electron chi connectivity index (χ3n) is 3.80. The van der Waals surface area contributed by atoms with Crippen LogP contribution in [0.3, 0.4) is 0 Å². The lowest BCUT2D eigenvalue weighted by Gasteiger charge is -2.13. The van der Waals surface area contributed by atoms with Crippen molar-refractivity contribution in [2.45, 2.75) is 20.3 Å². The largest absolute Gasteiger partial charge is 0.490 e. The first kappa shape index (κ1) is 22.3. The van der Waals surface area contributed by atoms with E-state index in [0.717, 1.165) is 0 Å². The fourth-order valence-corrected chi connectivity index (χ4v) is 2.56. The van der Waals surface area contributed by atoms with Crippen molar-refractivity contribution in [1.29, 1.82) is 0 Å². The van der Waals surface area contributed by atoms with Crippen LogP contribution in [0.5, 0.6) is 5.75 Å². The first-order valence-electron chi connectivity index (χ1n) is 9.35. The van der Waals surface area contributed by atoms with Crippen LogP contribution >= 0.6 is 12.2 Å². The lowest BCUT2D eigenvalue weighted by atomic mass is 10.2. The lowest BCUT2D eigenvalue weighted by molar-refractivity contribution is -0.115. The van der Waals surface area contributed by atoms with Gasteiger partial charge in [-0.3, -0.25) is 14.9 Å². The summed E-state index contributed by atoms with van der Waals surface area (Å²) >= 11 is 5.23. The molecule has 0 aromatic heterocycles. The molecule has 0 aliphatic rings. The second-order valence-corrected chi connectivity index (χ2v) is 6.34. The second kappa shape index (κ2) is 11.8. The zero-order valence-corrected chi connectivity index (χ0v) is 17.3. The molecule has 0 aliphatic carbocycles. The van der Waals surface area contributed by atoms with Crippen LogP contribution < -0.4 is 20.7 Å². The highest BCUT2D eigenvalue weighted by molar-refractivity contribution is 7.80. The number of nitrogens with one attached hydrogen (secondary N) is 3. The topological polar surface area (TPSA) is 88.7 Å². The number of amides is 2. The van der Waals surface area contributed by atoms with E-state index < -0.39 is 0 Å². The molecular formula is C21H25N3O4S. The number of carbonyl (C=O) groups is 2. The molecular weight excluding hydrogens is 390 g/mol. The van der Waals surface area contributed by atoms with Crippen LogP contribution in [0, 0.1) is 0 Å². The number of ether oxygens (including phenoxy) is 2. The molecule has 2 amide bonds. The van der Waals surface area contributed by atoms with E-state index >= 15 is 0 Å². The summed E-state index contributed by atoms with van der Waals surface area (Å²) in [5, 5.41) is 8.51. The normalized spacial score (nSPS) is 10.1. The van der Waals surface area contributed by atoms with Gasteiger partial charge in [0, 0.05) is 24.4 Å². The minimum Gasteiger partial charge on any atom is -0.490 e. The van der Waals surface area contributed by atoms with Gasteiger partial charge in [0.2, 0.25) is 5.91 Å². The summed E-state index contributed by atoms with van der Waals surface area (Å²) in [6.45, 7) is 5.10. The summed E-state index contributed by atoms with van der Waals surface area (Å²) in [5.74, 6) is 0.0282. The molecule has 0 aliphatic heterocycles. The summed E-state index contributed by atoms with van der Waals surface area (Å²) in [7, 11) is 0. The standard InChI is InChI=1S/C21H25N3O4S/c1-3-19(25)22-15-9-11-16(12-10-15)23-21(29)24-20(26)17-7-5-6-8-18(17)28-14-13-27-4-2/h5-12H,3-4,13-14H2,1-2H3,(H,22,25)(H2,23,24,26,29). The van der Waals surface area contributed by atoms with E-state index in [0.29, 0.717) is 48.9 Å². The highest BCUT2D eigenvalue weighted by Gasteiger charge is 2.13. The summed E-state index contributed by atoms with van der Waals surface area (Å²) < 4.78 is 10.9. The summed E-state index contributed by atoms with van der Waals surface area (Å²) in [6, 6.07) is 14.0. The molecule has 0 unspecified atom stereocenters. The van der Waals surface area contributed by atoms with Crippen molar-refractivity contribution in [2.75, 3.05) is 30.5 Å². The molecule has 0 saturated carbocycles. The molecule has 0 bridgehead atoms. The Kier molecular flexibility index (Phi) is 9.07. The van der Waals surface area contributed by atoms with Gasteiger partial charge in [-0.1, -0.05) is 19.1 Å². The third kappa shape index (κ3) is 7.52. The maximum Gasteiger partial charge on any atom is 0.261 e. The van der Waals surface area contributed by atoms with Crippen molar-refractivity contribution in [3.8, 4) is 5.75 Å². The minimum atomic E-state index is -0.374. The number of anilines is 2. The number of hydrogen-bond acceptors (Lipinski definition) is 5. The highest BCUT2D eigenvalue weighted by atomic mass is 32.1. The average Bonchev–Trinajstić information content (AvgIpc) is 2.72. The molecule has 0 spiro atoms. The molecule has 0 fully saturated rings. The zero-order valence-electron chi connectivity index (χ0n) is 16.5. The monoisotopic (exact) mass is 415 g/mol. The number of hydrogen-bond donors (Lipinski definition) is 3. The molecule has 2 aromatic carbocycles. The van der Waals surface area contributed by atoms with Crippen LogP contribution in [0.15, 0.2) is 48.5 Å². The van der Waals surface area contributed by atoms with E-state index in [-0.39, 0.29) is 16.9 Å². The fraction of sp³-hybridized carbons (Fsp3) is 0.286. The molecule has 7 nitrogen and oxygen atoms in total. The SMILES string of the molecule is CCOCCOc1ccccc1C(=O)NC(=S)Nc1ccc(NC(=O)CC)cc1. The Morgan fingerprint density at radius 2 is 1.59 bits per heavy atom. The Morgan fingerprint density at radius 3 is 2.24 bits per heavy atom. The van der Waals surface area contributed by atoms with Gasteiger partial charge in [-0.25, -0.2) is 0 Å². The minimum absolute atomic E-state index is 0.0596. The number of thiocarbonyl (C=S) groups is 1. The predicted octanol–water partition coefficient (Wildman–Crippen LogP) is 3.58. The molecule has 29 heavy (non-hydrogen) atoms. The van der Waals surface area contributed by atoms with Crippen molar-refractivity contribution >= 4 is 40.5 Å². The van der Waals surface area contributed by atoms with Crippen LogP contribution in [0.2, 0.25) is 0 Å². The van der Waals surface area contributed by atoms with Gasteiger partial charge in [0.05, 0.1) is 12.2 Å². The van der Waals surface area contributed by atoms with Crippen molar-refractivity contribution in [1.82, 2.24) is 5.32 Å². The van der Waals surface area contributed by atoms with Crippen LogP contribution in [0.4, 0.5) is 11.4 Å². The number of carbonyl (C=O) groups excluding carboxylic acids is 2. The molecule has 0 saturated heterocycles. The summed E-state index contributed by atoms with van der Waals surface area (Å²) in [4.78, 5) is 24.0. The molecule has 0 heterocycles. The maximum absolute atomic E-state index is 12.6. The lowest BCUT2D eigenvalue weighted by Crippen LogP contribution is -2.34. The second-order valence-electron chi connectivity index (χ2n) is 5.93. The smallest absolute Gasteiger partial charge is 0.261 e. The number of para-hydroxylation sites is 1. The van der Waals surface area contributed by atoms with Gasteiger partial charge in [-0.2, -0.15) is 0 Å². The molecule has 2 rings (SSSR count). The van der Waals surface area contributed by atoms with Crippen LogP contribution in [0.25, 0.3) is 0 Å². The van der Waals surface area contributed by atoms with E-state index in [4.69, 9.17) is 21.7 Å². The Bertz CT molecular complexity index is 840. The molecule has 154 valence electrons. The van der Waals surface area contributed by atoms with E-state index in [1.807, 2.05) is 6.92 Å². The van der Waals surface area contributed by atoms with Gasteiger partial charge >= 0.3 is 0 Å². The number of benzene rings is 2. The van der Waals surface area contributed by atoms with Gasteiger partial charge in [0.25, 0.3) is 5.91 Å². The van der Waals surface area contributed by atoms with Gasteiger partial charge in [0.1, 0.15) is 12.4 Å². The van der Waals surface area contributed by atoms with Crippen LogP contribution in [-0.4, -0.2) is 36.7 Å². The first-order valence-corrected chi connectivity index (χ1v) is 9.76. The van der Waals surface area contributed by atoms with Crippen LogP contribution in [-0.2, 0) is 9.53 Å². The number of rotatable bonds is 9. The van der Waals surface area contributed by atoms with E-state index in [1.54, 1.807) is 55.5 Å². The zero-order chi connectivity index (χ0) is 21.1.